The third-order valence-electron chi connectivity index (χ3n) is 5.23. The number of aliphatic hydroxyl groups is 2. The maximum Gasteiger partial charge on any atom is 0.305 e. The number of rotatable bonds is 13. The average molecular weight is 381 g/mol. The van der Waals surface area contributed by atoms with Crippen molar-refractivity contribution in [2.45, 2.75) is 83.8 Å². The molecule has 5 heteroatoms. The first kappa shape index (κ1) is 23.6. The smallest absolute Gasteiger partial charge is 0.305 e. The number of Topliss-reactive ketones (excluding diaryl/α,β-unsaturated/α-hetero) is 1. The fraction of sp³-hybridized carbons (Fsp3) is 0.727. The lowest BCUT2D eigenvalue weighted by atomic mass is 9.85. The number of carbonyl (C=O) groups excluding carboxylic acids is 2. The van der Waals surface area contributed by atoms with Crippen molar-refractivity contribution in [1.29, 1.82) is 0 Å². The molecule has 0 spiro atoms. The Morgan fingerprint density at radius 1 is 1.19 bits per heavy atom. The van der Waals surface area contributed by atoms with Gasteiger partial charge >= 0.3 is 5.97 Å². The van der Waals surface area contributed by atoms with E-state index in [1.807, 2.05) is 12.2 Å². The van der Waals surface area contributed by atoms with Crippen molar-refractivity contribution in [3.63, 3.8) is 0 Å². The van der Waals surface area contributed by atoms with Gasteiger partial charge in [0.05, 0.1) is 25.2 Å². The molecule has 0 fully saturated rings. The largest absolute Gasteiger partial charge is 0.469 e. The van der Waals surface area contributed by atoms with Gasteiger partial charge in [-0.15, -0.1) is 0 Å². The summed E-state index contributed by atoms with van der Waals surface area (Å²) in [5.74, 6) is -0.857. The van der Waals surface area contributed by atoms with Crippen molar-refractivity contribution >= 4 is 11.8 Å². The van der Waals surface area contributed by atoms with Crippen molar-refractivity contribution in [2.75, 3.05) is 7.11 Å². The fourth-order valence-corrected chi connectivity index (χ4v) is 3.56. The van der Waals surface area contributed by atoms with Crippen molar-refractivity contribution in [2.24, 2.45) is 11.8 Å². The first-order valence-electron chi connectivity index (χ1n) is 10.2. The highest BCUT2D eigenvalue weighted by atomic mass is 16.5. The van der Waals surface area contributed by atoms with E-state index in [0.29, 0.717) is 18.4 Å². The van der Waals surface area contributed by atoms with Gasteiger partial charge in [0.2, 0.25) is 0 Å². The van der Waals surface area contributed by atoms with Crippen molar-refractivity contribution in [1.82, 2.24) is 0 Å². The molecule has 27 heavy (non-hydrogen) atoms. The number of hydrogen-bond donors (Lipinski definition) is 2. The maximum absolute atomic E-state index is 12.4. The Balaban J connectivity index is 2.50. The van der Waals surface area contributed by atoms with Crippen LogP contribution in [0.2, 0.25) is 0 Å². The molecule has 4 unspecified atom stereocenters. The number of unbranched alkanes of at least 4 members (excludes halogenated alkanes) is 4. The fourth-order valence-electron chi connectivity index (χ4n) is 3.56. The second kappa shape index (κ2) is 12.8. The minimum atomic E-state index is -0.712. The number of allylic oxidation sites excluding steroid dienone is 3. The van der Waals surface area contributed by atoms with Gasteiger partial charge in [-0.2, -0.15) is 0 Å². The molecule has 0 amide bonds. The number of esters is 1. The third kappa shape index (κ3) is 8.39. The van der Waals surface area contributed by atoms with E-state index in [4.69, 9.17) is 0 Å². The van der Waals surface area contributed by atoms with Gasteiger partial charge in [-0.3, -0.25) is 9.59 Å². The van der Waals surface area contributed by atoms with Crippen LogP contribution >= 0.6 is 0 Å². The number of ketones is 1. The van der Waals surface area contributed by atoms with Gasteiger partial charge in [-0.05, 0) is 31.8 Å². The summed E-state index contributed by atoms with van der Waals surface area (Å²) in [6, 6.07) is 0. The highest BCUT2D eigenvalue weighted by molar-refractivity contribution is 6.00. The van der Waals surface area contributed by atoms with Crippen molar-refractivity contribution in [3.8, 4) is 0 Å². The molecular formula is C22H36O5. The first-order valence-corrected chi connectivity index (χ1v) is 10.2. The molecule has 2 N–H and O–H groups in total. The second-order valence-electron chi connectivity index (χ2n) is 7.51. The van der Waals surface area contributed by atoms with Crippen LogP contribution in [0.15, 0.2) is 23.8 Å². The van der Waals surface area contributed by atoms with Gasteiger partial charge < -0.3 is 14.9 Å². The molecule has 0 saturated heterocycles. The Morgan fingerprint density at radius 3 is 2.56 bits per heavy atom. The van der Waals surface area contributed by atoms with Crippen LogP contribution in [0.25, 0.3) is 0 Å². The molecule has 0 aromatic heterocycles. The van der Waals surface area contributed by atoms with Crippen LogP contribution in [-0.4, -0.2) is 41.3 Å². The molecule has 0 heterocycles. The van der Waals surface area contributed by atoms with Crippen LogP contribution in [0.4, 0.5) is 0 Å². The average Bonchev–Trinajstić information content (AvgIpc) is 2.93. The Labute approximate surface area is 163 Å². The van der Waals surface area contributed by atoms with E-state index < -0.39 is 18.1 Å². The van der Waals surface area contributed by atoms with Gasteiger partial charge in [0.15, 0.2) is 5.78 Å². The Kier molecular flexibility index (Phi) is 11.2. The van der Waals surface area contributed by atoms with Crippen molar-refractivity contribution in [3.05, 3.63) is 23.8 Å². The lowest BCUT2D eigenvalue weighted by Crippen LogP contribution is -2.30. The first-order chi connectivity index (χ1) is 12.9. The molecule has 5 nitrogen and oxygen atoms in total. The number of aliphatic hydroxyl groups excluding tert-OH is 2. The van der Waals surface area contributed by atoms with Crippen LogP contribution in [0.5, 0.6) is 0 Å². The molecule has 0 radical (unpaired) electrons. The summed E-state index contributed by atoms with van der Waals surface area (Å²) in [6.45, 7) is 3.91. The lowest BCUT2D eigenvalue weighted by molar-refractivity contribution is -0.140. The molecule has 0 aromatic rings. The minimum absolute atomic E-state index is 0.00724. The van der Waals surface area contributed by atoms with Crippen LogP contribution in [0.3, 0.4) is 0 Å². The van der Waals surface area contributed by atoms with E-state index in [-0.39, 0.29) is 17.7 Å². The summed E-state index contributed by atoms with van der Waals surface area (Å²) >= 11 is 0. The lowest BCUT2D eigenvalue weighted by Gasteiger charge is -2.22. The van der Waals surface area contributed by atoms with Crippen LogP contribution in [0.1, 0.15) is 71.6 Å². The van der Waals surface area contributed by atoms with E-state index in [9.17, 15) is 19.8 Å². The quantitative estimate of drug-likeness (QED) is 0.289. The Hall–Kier alpha value is -1.46. The maximum atomic E-state index is 12.4. The van der Waals surface area contributed by atoms with E-state index >= 15 is 0 Å². The third-order valence-corrected chi connectivity index (χ3v) is 5.23. The summed E-state index contributed by atoms with van der Waals surface area (Å²) in [4.78, 5) is 23.5. The monoisotopic (exact) mass is 380 g/mol. The molecule has 0 aromatic carbocycles. The molecule has 0 aliphatic heterocycles. The molecular weight excluding hydrogens is 344 g/mol. The van der Waals surface area contributed by atoms with Crippen LogP contribution in [0, 0.1) is 11.8 Å². The van der Waals surface area contributed by atoms with E-state index in [1.165, 1.54) is 7.11 Å². The summed E-state index contributed by atoms with van der Waals surface area (Å²) < 4.78 is 4.61. The summed E-state index contributed by atoms with van der Waals surface area (Å²) in [5.41, 5.74) is 0.680. The molecule has 1 aliphatic rings. The van der Waals surface area contributed by atoms with Gasteiger partial charge in [0.1, 0.15) is 0 Å². The molecule has 154 valence electrons. The molecule has 1 rings (SSSR count). The Morgan fingerprint density at radius 2 is 1.89 bits per heavy atom. The summed E-state index contributed by atoms with van der Waals surface area (Å²) in [6.07, 6.45) is 11.5. The Bertz CT molecular complexity index is 523. The number of hydrogen-bond acceptors (Lipinski definition) is 5. The predicted octanol–water partition coefficient (Wildman–Crippen LogP) is 3.73. The van der Waals surface area contributed by atoms with E-state index in [2.05, 4.69) is 11.7 Å². The van der Waals surface area contributed by atoms with Crippen molar-refractivity contribution < 1.29 is 24.5 Å². The van der Waals surface area contributed by atoms with Crippen LogP contribution in [-0.2, 0) is 14.3 Å². The number of ether oxygens (including phenoxy) is 1. The zero-order chi connectivity index (χ0) is 20.2. The minimum Gasteiger partial charge on any atom is -0.469 e. The normalized spacial score (nSPS) is 22.1. The van der Waals surface area contributed by atoms with Gasteiger partial charge in [-0.25, -0.2) is 0 Å². The van der Waals surface area contributed by atoms with E-state index in [1.54, 1.807) is 13.0 Å². The zero-order valence-electron chi connectivity index (χ0n) is 17.0. The second-order valence-corrected chi connectivity index (χ2v) is 7.51. The predicted molar refractivity (Wildman–Crippen MR) is 106 cm³/mol. The summed E-state index contributed by atoms with van der Waals surface area (Å²) in [7, 11) is 1.38. The molecule has 1 aliphatic carbocycles. The number of carbonyl (C=O) groups is 2. The highest BCUT2D eigenvalue weighted by Crippen LogP contribution is 2.33. The van der Waals surface area contributed by atoms with Crippen LogP contribution < -0.4 is 0 Å². The summed E-state index contributed by atoms with van der Waals surface area (Å²) in [5, 5.41) is 20.6. The zero-order valence-corrected chi connectivity index (χ0v) is 17.0. The highest BCUT2D eigenvalue weighted by Gasteiger charge is 2.37. The molecule has 0 saturated carbocycles. The number of methoxy groups -OCH3 is 1. The van der Waals surface area contributed by atoms with Gasteiger partial charge in [0, 0.05) is 12.3 Å². The SMILES string of the molecule is CCCCCC(O)/C=C/C1C=C(C)C(=O)C1C(O)CCCCCC(=O)OC. The standard InChI is InChI=1S/C22H36O5/c1-4-5-7-10-18(23)14-13-17-15-16(2)22(26)21(17)19(24)11-8-6-9-12-20(25)27-3/h13-15,17-19,21,23-24H,4-12H2,1-3H3/b14-13+. The topological polar surface area (TPSA) is 83.8 Å². The molecule has 0 bridgehead atoms. The van der Waals surface area contributed by atoms with Gasteiger partial charge in [0.25, 0.3) is 0 Å². The van der Waals surface area contributed by atoms with E-state index in [0.717, 1.165) is 44.9 Å². The van der Waals surface area contributed by atoms with Gasteiger partial charge in [-0.1, -0.05) is 57.3 Å². The molecule has 4 atom stereocenters.